The summed E-state index contributed by atoms with van der Waals surface area (Å²) < 4.78 is 18.6. The van der Waals surface area contributed by atoms with Crippen molar-refractivity contribution in [1.82, 2.24) is 9.88 Å². The van der Waals surface area contributed by atoms with Crippen molar-refractivity contribution < 1.29 is 14.2 Å². The van der Waals surface area contributed by atoms with Crippen LogP contribution in [0.4, 0.5) is 4.39 Å². The minimum atomic E-state index is -0.656. The Balaban J connectivity index is 1.86. The van der Waals surface area contributed by atoms with Crippen LogP contribution in [0.25, 0.3) is 0 Å². The molecule has 0 saturated carbocycles. The number of halogens is 1. The molecule has 2 rings (SSSR count). The van der Waals surface area contributed by atoms with Gasteiger partial charge in [0, 0.05) is 19.6 Å². The molecule has 1 fully saturated rings. The van der Waals surface area contributed by atoms with Crippen LogP contribution in [-0.4, -0.2) is 46.3 Å². The van der Waals surface area contributed by atoms with Crippen LogP contribution in [0.2, 0.25) is 0 Å². The predicted octanol–water partition coefficient (Wildman–Crippen LogP) is 2.14. The smallest absolute Gasteiger partial charge is 0.141 e. The van der Waals surface area contributed by atoms with E-state index in [0.29, 0.717) is 12.1 Å². The van der Waals surface area contributed by atoms with Crippen LogP contribution >= 0.6 is 0 Å². The van der Waals surface area contributed by atoms with Gasteiger partial charge in [-0.25, -0.2) is 4.39 Å². The van der Waals surface area contributed by atoms with Gasteiger partial charge in [-0.05, 0) is 39.3 Å². The molecule has 0 aromatic carbocycles. The van der Waals surface area contributed by atoms with Gasteiger partial charge in [0.25, 0.3) is 0 Å². The molecule has 0 spiro atoms. The second-order valence-corrected chi connectivity index (χ2v) is 6.13. The molecule has 20 heavy (non-hydrogen) atoms. The second kappa shape index (κ2) is 6.16. The Labute approximate surface area is 119 Å². The van der Waals surface area contributed by atoms with Crippen molar-refractivity contribution in [1.29, 1.82) is 0 Å². The summed E-state index contributed by atoms with van der Waals surface area (Å²) in [5.74, 6) is -0.385. The number of rotatable bonds is 4. The number of hydrogen-bond donors (Lipinski definition) is 1. The van der Waals surface area contributed by atoms with Crippen molar-refractivity contribution in [3.8, 4) is 0 Å². The number of pyridine rings is 1. The lowest BCUT2D eigenvalue weighted by molar-refractivity contribution is -0.130. The highest BCUT2D eigenvalue weighted by Gasteiger charge is 2.31. The number of aromatic nitrogens is 1. The molecule has 1 aromatic rings. The molecule has 112 valence electrons. The SMILES string of the molecule is CC1CN(CCC(O)c2ccc(F)cn2)CC(C)(C)O1. The Bertz CT molecular complexity index is 436. The number of morpholine rings is 1. The first-order valence-electron chi connectivity index (χ1n) is 7.05. The van der Waals surface area contributed by atoms with E-state index in [9.17, 15) is 9.50 Å². The van der Waals surface area contributed by atoms with Gasteiger partial charge in [0.2, 0.25) is 0 Å². The molecule has 1 aromatic heterocycles. The third kappa shape index (κ3) is 4.23. The predicted molar refractivity (Wildman–Crippen MR) is 74.8 cm³/mol. The molecule has 0 aliphatic carbocycles. The molecule has 2 heterocycles. The summed E-state index contributed by atoms with van der Waals surface area (Å²) in [6, 6.07) is 2.86. The molecule has 1 aliphatic heterocycles. The Kier molecular flexibility index (Phi) is 4.73. The summed E-state index contributed by atoms with van der Waals surface area (Å²) in [6.07, 6.45) is 1.26. The van der Waals surface area contributed by atoms with Gasteiger partial charge < -0.3 is 9.84 Å². The first kappa shape index (κ1) is 15.4. The van der Waals surface area contributed by atoms with Gasteiger partial charge in [0.1, 0.15) is 5.82 Å². The zero-order valence-electron chi connectivity index (χ0n) is 12.3. The topological polar surface area (TPSA) is 45.6 Å². The highest BCUT2D eigenvalue weighted by molar-refractivity contribution is 5.08. The molecule has 0 radical (unpaired) electrons. The quantitative estimate of drug-likeness (QED) is 0.919. The highest BCUT2D eigenvalue weighted by atomic mass is 19.1. The minimum absolute atomic E-state index is 0.156. The van der Waals surface area contributed by atoms with Crippen molar-refractivity contribution >= 4 is 0 Å². The number of aliphatic hydroxyl groups is 1. The van der Waals surface area contributed by atoms with E-state index in [1.54, 1.807) is 0 Å². The van der Waals surface area contributed by atoms with Crippen LogP contribution in [0.5, 0.6) is 0 Å². The molecule has 2 atom stereocenters. The van der Waals surface area contributed by atoms with E-state index in [2.05, 4.69) is 30.7 Å². The lowest BCUT2D eigenvalue weighted by Gasteiger charge is -2.42. The average Bonchev–Trinajstić information content (AvgIpc) is 2.34. The molecular formula is C15H23FN2O2. The lowest BCUT2D eigenvalue weighted by Crippen LogP contribution is -2.52. The molecule has 0 bridgehead atoms. The van der Waals surface area contributed by atoms with E-state index in [0.717, 1.165) is 25.8 Å². The molecule has 1 N–H and O–H groups in total. The molecule has 1 saturated heterocycles. The number of hydrogen-bond acceptors (Lipinski definition) is 4. The summed E-state index contributed by atoms with van der Waals surface area (Å²) in [7, 11) is 0. The van der Waals surface area contributed by atoms with Gasteiger partial charge in [0.05, 0.1) is 29.7 Å². The molecular weight excluding hydrogens is 259 g/mol. The van der Waals surface area contributed by atoms with Crippen molar-refractivity contribution in [2.75, 3.05) is 19.6 Å². The molecule has 1 aliphatic rings. The summed E-state index contributed by atoms with van der Waals surface area (Å²) in [5.41, 5.74) is 0.364. The number of aliphatic hydroxyl groups excluding tert-OH is 1. The van der Waals surface area contributed by atoms with E-state index < -0.39 is 6.10 Å². The fourth-order valence-corrected chi connectivity index (χ4v) is 2.79. The maximum atomic E-state index is 12.8. The maximum Gasteiger partial charge on any atom is 0.141 e. The van der Waals surface area contributed by atoms with Crippen molar-refractivity contribution in [3.05, 3.63) is 29.8 Å². The van der Waals surface area contributed by atoms with Crippen molar-refractivity contribution in [2.45, 2.75) is 45.0 Å². The summed E-state index contributed by atoms with van der Waals surface area (Å²) in [5, 5.41) is 10.1. The average molecular weight is 282 g/mol. The number of nitrogens with zero attached hydrogens (tertiary/aromatic N) is 2. The van der Waals surface area contributed by atoms with Crippen LogP contribution in [0, 0.1) is 5.82 Å². The monoisotopic (exact) mass is 282 g/mol. The third-order valence-corrected chi connectivity index (χ3v) is 3.45. The van der Waals surface area contributed by atoms with E-state index in [1.807, 2.05) is 0 Å². The lowest BCUT2D eigenvalue weighted by atomic mass is 10.0. The normalized spacial score (nSPS) is 24.6. The Hall–Kier alpha value is -1.04. The van der Waals surface area contributed by atoms with E-state index in [-0.39, 0.29) is 17.5 Å². The van der Waals surface area contributed by atoms with Crippen molar-refractivity contribution in [2.24, 2.45) is 0 Å². The maximum absolute atomic E-state index is 12.8. The van der Waals surface area contributed by atoms with Gasteiger partial charge in [-0.2, -0.15) is 0 Å². The molecule has 2 unspecified atom stereocenters. The van der Waals surface area contributed by atoms with E-state index >= 15 is 0 Å². The van der Waals surface area contributed by atoms with Crippen LogP contribution in [-0.2, 0) is 4.74 Å². The molecule has 5 heteroatoms. The van der Waals surface area contributed by atoms with E-state index in [4.69, 9.17) is 4.74 Å². The second-order valence-electron chi connectivity index (χ2n) is 6.13. The highest BCUT2D eigenvalue weighted by Crippen LogP contribution is 2.22. The molecule has 4 nitrogen and oxygen atoms in total. The fourth-order valence-electron chi connectivity index (χ4n) is 2.79. The first-order valence-corrected chi connectivity index (χ1v) is 7.05. The van der Waals surface area contributed by atoms with Gasteiger partial charge in [-0.1, -0.05) is 0 Å². The van der Waals surface area contributed by atoms with Crippen LogP contribution in [0.15, 0.2) is 18.3 Å². The molecule has 0 amide bonds. The van der Waals surface area contributed by atoms with Crippen LogP contribution < -0.4 is 0 Å². The Morgan fingerprint density at radius 3 is 2.90 bits per heavy atom. The minimum Gasteiger partial charge on any atom is -0.387 e. The van der Waals surface area contributed by atoms with Crippen LogP contribution in [0.1, 0.15) is 39.0 Å². The number of ether oxygens (including phenoxy) is 1. The zero-order valence-corrected chi connectivity index (χ0v) is 12.3. The third-order valence-electron chi connectivity index (χ3n) is 3.45. The van der Waals surface area contributed by atoms with E-state index in [1.165, 1.54) is 12.1 Å². The largest absolute Gasteiger partial charge is 0.387 e. The van der Waals surface area contributed by atoms with Gasteiger partial charge in [-0.3, -0.25) is 9.88 Å². The Morgan fingerprint density at radius 1 is 1.55 bits per heavy atom. The van der Waals surface area contributed by atoms with Gasteiger partial charge in [0.15, 0.2) is 0 Å². The Morgan fingerprint density at radius 2 is 2.30 bits per heavy atom. The first-order chi connectivity index (χ1) is 9.35. The van der Waals surface area contributed by atoms with Crippen LogP contribution in [0.3, 0.4) is 0 Å². The standard InChI is InChI=1S/C15H23FN2O2/c1-11-9-18(10-15(2,3)20-11)7-6-14(19)13-5-4-12(16)8-17-13/h4-5,8,11,14,19H,6-7,9-10H2,1-3H3. The van der Waals surface area contributed by atoms with Crippen molar-refractivity contribution in [3.63, 3.8) is 0 Å². The summed E-state index contributed by atoms with van der Waals surface area (Å²) >= 11 is 0. The summed E-state index contributed by atoms with van der Waals surface area (Å²) in [6.45, 7) is 8.71. The van der Waals surface area contributed by atoms with Gasteiger partial charge in [-0.15, -0.1) is 0 Å². The summed E-state index contributed by atoms with van der Waals surface area (Å²) in [4.78, 5) is 6.21. The van der Waals surface area contributed by atoms with Gasteiger partial charge >= 0.3 is 0 Å². The zero-order chi connectivity index (χ0) is 14.8. The fraction of sp³-hybridized carbons (Fsp3) is 0.667.